The molecule has 1 aliphatic carbocycles. The quantitative estimate of drug-likeness (QED) is 0.752. The molecule has 18 heavy (non-hydrogen) atoms. The molecule has 0 saturated heterocycles. The van der Waals surface area contributed by atoms with Crippen LogP contribution in [0, 0.1) is 0 Å². The number of alkyl halides is 1. The number of hydrogen-bond donors (Lipinski definition) is 0. The molecule has 1 heterocycles. The molecule has 1 nitrogen and oxygen atoms in total. The third kappa shape index (κ3) is 2.56. The van der Waals surface area contributed by atoms with E-state index in [0.717, 1.165) is 18.5 Å². The van der Waals surface area contributed by atoms with Crippen LogP contribution < -0.4 is 0 Å². The summed E-state index contributed by atoms with van der Waals surface area (Å²) in [4.78, 5) is 4.12. The number of rotatable bonds is 5. The Morgan fingerprint density at radius 1 is 1.28 bits per heavy atom. The molecule has 1 aromatic rings. The maximum absolute atomic E-state index is 5.96. The second-order valence-corrected chi connectivity index (χ2v) is 6.75. The topological polar surface area (TPSA) is 3.24 Å². The second kappa shape index (κ2) is 5.85. The largest absolute Gasteiger partial charge is 0.299 e. The Bertz CT molecular complexity index is 405. The minimum atomic E-state index is 0.704. The Morgan fingerprint density at radius 2 is 2.11 bits per heavy atom. The van der Waals surface area contributed by atoms with Crippen molar-refractivity contribution in [1.29, 1.82) is 0 Å². The van der Waals surface area contributed by atoms with Gasteiger partial charge in [0.05, 0.1) is 0 Å². The summed E-state index contributed by atoms with van der Waals surface area (Å²) in [6.45, 7) is 2.25. The molecule has 1 aromatic carbocycles. The van der Waals surface area contributed by atoms with E-state index in [4.69, 9.17) is 11.6 Å². The molecule has 0 radical (unpaired) electrons. The standard InChI is InChI=1S/C15H20ClNS/c16-8-9-17(13-4-3-5-13)10-12-11-18-15-7-2-1-6-14(12)15/h1-2,6-7,12-13H,3-5,8-11H2. The van der Waals surface area contributed by atoms with Crippen LogP contribution in [0.4, 0.5) is 0 Å². The van der Waals surface area contributed by atoms with E-state index in [2.05, 4.69) is 29.2 Å². The van der Waals surface area contributed by atoms with E-state index in [1.54, 1.807) is 5.56 Å². The predicted octanol–water partition coefficient (Wildman–Crippen LogP) is 3.97. The first-order chi connectivity index (χ1) is 8.88. The van der Waals surface area contributed by atoms with Crippen LogP contribution >= 0.6 is 23.4 Å². The number of thioether (sulfide) groups is 1. The third-order valence-corrected chi connectivity index (χ3v) is 5.64. The van der Waals surface area contributed by atoms with E-state index >= 15 is 0 Å². The van der Waals surface area contributed by atoms with Crippen molar-refractivity contribution in [3.63, 3.8) is 0 Å². The lowest BCUT2D eigenvalue weighted by molar-refractivity contribution is 0.129. The van der Waals surface area contributed by atoms with Gasteiger partial charge in [-0.25, -0.2) is 0 Å². The average Bonchev–Trinajstić information content (AvgIpc) is 2.71. The molecule has 1 saturated carbocycles. The van der Waals surface area contributed by atoms with Gasteiger partial charge >= 0.3 is 0 Å². The molecular formula is C15H20ClNS. The minimum absolute atomic E-state index is 0.704. The highest BCUT2D eigenvalue weighted by molar-refractivity contribution is 7.99. The first-order valence-corrected chi connectivity index (χ1v) is 8.42. The van der Waals surface area contributed by atoms with Crippen LogP contribution in [0.15, 0.2) is 29.2 Å². The van der Waals surface area contributed by atoms with Crippen LogP contribution in [-0.4, -0.2) is 35.7 Å². The van der Waals surface area contributed by atoms with E-state index in [9.17, 15) is 0 Å². The number of nitrogens with zero attached hydrogens (tertiary/aromatic N) is 1. The Hall–Kier alpha value is -0.180. The van der Waals surface area contributed by atoms with Crippen molar-refractivity contribution in [2.24, 2.45) is 0 Å². The molecular weight excluding hydrogens is 262 g/mol. The van der Waals surface area contributed by atoms with Crippen molar-refractivity contribution in [1.82, 2.24) is 4.90 Å². The zero-order valence-corrected chi connectivity index (χ0v) is 12.2. The van der Waals surface area contributed by atoms with Crippen molar-refractivity contribution >= 4 is 23.4 Å². The zero-order chi connectivity index (χ0) is 12.4. The monoisotopic (exact) mass is 281 g/mol. The van der Waals surface area contributed by atoms with E-state index in [1.807, 2.05) is 11.8 Å². The Balaban J connectivity index is 1.68. The first-order valence-electron chi connectivity index (χ1n) is 6.90. The lowest BCUT2D eigenvalue weighted by Gasteiger charge is -2.38. The van der Waals surface area contributed by atoms with Gasteiger partial charge in [0.1, 0.15) is 0 Å². The van der Waals surface area contributed by atoms with E-state index in [-0.39, 0.29) is 0 Å². The summed E-state index contributed by atoms with van der Waals surface area (Å²) in [5, 5.41) is 0. The Morgan fingerprint density at radius 3 is 2.83 bits per heavy atom. The number of halogens is 1. The van der Waals surface area contributed by atoms with Crippen LogP contribution in [0.2, 0.25) is 0 Å². The number of fused-ring (bicyclic) bond motifs is 1. The van der Waals surface area contributed by atoms with Gasteiger partial charge in [-0.15, -0.1) is 23.4 Å². The maximum atomic E-state index is 5.96. The predicted molar refractivity (Wildman–Crippen MR) is 79.8 cm³/mol. The molecule has 1 fully saturated rings. The molecule has 1 atom stereocenters. The molecule has 3 rings (SSSR count). The van der Waals surface area contributed by atoms with Gasteiger partial charge in [-0.1, -0.05) is 24.6 Å². The fraction of sp³-hybridized carbons (Fsp3) is 0.600. The van der Waals surface area contributed by atoms with Crippen molar-refractivity contribution < 1.29 is 0 Å². The molecule has 1 unspecified atom stereocenters. The zero-order valence-electron chi connectivity index (χ0n) is 10.6. The maximum Gasteiger partial charge on any atom is 0.0351 e. The van der Waals surface area contributed by atoms with Crippen LogP contribution in [0.3, 0.4) is 0 Å². The highest BCUT2D eigenvalue weighted by Crippen LogP contribution is 2.40. The normalized spacial score (nSPS) is 23.1. The first kappa shape index (κ1) is 12.8. The molecule has 0 spiro atoms. The van der Waals surface area contributed by atoms with Crippen molar-refractivity contribution in [2.75, 3.05) is 24.7 Å². The highest BCUT2D eigenvalue weighted by atomic mass is 35.5. The van der Waals surface area contributed by atoms with Gasteiger partial charge in [0, 0.05) is 41.6 Å². The van der Waals surface area contributed by atoms with Crippen molar-refractivity contribution in [3.05, 3.63) is 29.8 Å². The molecule has 1 aliphatic heterocycles. The lowest BCUT2D eigenvalue weighted by Crippen LogP contribution is -2.43. The van der Waals surface area contributed by atoms with E-state index < -0.39 is 0 Å². The van der Waals surface area contributed by atoms with Gasteiger partial charge in [-0.3, -0.25) is 4.90 Å². The van der Waals surface area contributed by atoms with Gasteiger partial charge in [-0.05, 0) is 24.5 Å². The summed E-state index contributed by atoms with van der Waals surface area (Å²) in [7, 11) is 0. The molecule has 0 aromatic heterocycles. The lowest BCUT2D eigenvalue weighted by atomic mass is 9.90. The second-order valence-electron chi connectivity index (χ2n) is 5.31. The summed E-state index contributed by atoms with van der Waals surface area (Å²) in [5.41, 5.74) is 1.56. The SMILES string of the molecule is ClCCN(CC1CSc2ccccc21)C1CCC1. The van der Waals surface area contributed by atoms with Gasteiger partial charge in [0.2, 0.25) is 0 Å². The fourth-order valence-electron chi connectivity index (χ4n) is 2.95. The number of benzene rings is 1. The molecule has 0 N–H and O–H groups in total. The van der Waals surface area contributed by atoms with Crippen LogP contribution in [0.25, 0.3) is 0 Å². The van der Waals surface area contributed by atoms with Gasteiger partial charge < -0.3 is 0 Å². The fourth-order valence-corrected chi connectivity index (χ4v) is 4.41. The van der Waals surface area contributed by atoms with E-state index in [0.29, 0.717) is 5.92 Å². The Kier molecular flexibility index (Phi) is 4.17. The van der Waals surface area contributed by atoms with Crippen LogP contribution in [-0.2, 0) is 0 Å². The summed E-state index contributed by atoms with van der Waals surface area (Å²) >= 11 is 7.97. The van der Waals surface area contributed by atoms with Crippen molar-refractivity contribution in [3.8, 4) is 0 Å². The third-order valence-electron chi connectivity index (χ3n) is 4.22. The van der Waals surface area contributed by atoms with E-state index in [1.165, 1.54) is 36.5 Å². The summed E-state index contributed by atoms with van der Waals surface area (Å²) in [6, 6.07) is 9.69. The van der Waals surface area contributed by atoms with Gasteiger partial charge in [0.25, 0.3) is 0 Å². The average molecular weight is 282 g/mol. The highest BCUT2D eigenvalue weighted by Gasteiger charge is 2.30. The molecule has 2 aliphatic rings. The van der Waals surface area contributed by atoms with Crippen LogP contribution in [0.5, 0.6) is 0 Å². The van der Waals surface area contributed by atoms with Gasteiger partial charge in [-0.2, -0.15) is 0 Å². The molecule has 98 valence electrons. The smallest absolute Gasteiger partial charge is 0.0351 e. The Labute approximate surface area is 119 Å². The van der Waals surface area contributed by atoms with Crippen LogP contribution in [0.1, 0.15) is 30.7 Å². The molecule has 0 bridgehead atoms. The summed E-state index contributed by atoms with van der Waals surface area (Å²) in [6.07, 6.45) is 4.15. The summed E-state index contributed by atoms with van der Waals surface area (Å²) < 4.78 is 0. The van der Waals surface area contributed by atoms with Crippen molar-refractivity contribution in [2.45, 2.75) is 36.1 Å². The number of hydrogen-bond acceptors (Lipinski definition) is 2. The van der Waals surface area contributed by atoms with Gasteiger partial charge in [0.15, 0.2) is 0 Å². The minimum Gasteiger partial charge on any atom is -0.299 e. The molecule has 0 amide bonds. The molecule has 3 heteroatoms. The summed E-state index contributed by atoms with van der Waals surface area (Å²) in [5.74, 6) is 2.71.